The van der Waals surface area contributed by atoms with E-state index in [-0.39, 0.29) is 5.56 Å². The van der Waals surface area contributed by atoms with Crippen molar-refractivity contribution in [1.29, 1.82) is 0 Å². The summed E-state index contributed by atoms with van der Waals surface area (Å²) < 4.78 is 1.80. The summed E-state index contributed by atoms with van der Waals surface area (Å²) in [4.78, 5) is 19.7. The first kappa shape index (κ1) is 26.6. The van der Waals surface area contributed by atoms with Crippen LogP contribution in [0.1, 0.15) is 16.7 Å². The zero-order chi connectivity index (χ0) is 30.7. The second-order valence-corrected chi connectivity index (χ2v) is 11.3. The number of hydrogen-bond acceptors (Lipinski definition) is 2. The van der Waals surface area contributed by atoms with Crippen molar-refractivity contribution in [3.63, 3.8) is 0 Å². The van der Waals surface area contributed by atoms with Gasteiger partial charge in [-0.3, -0.25) is 9.20 Å². The molecule has 0 amide bonds. The minimum atomic E-state index is -0.0723. The molecule has 0 saturated carbocycles. The molecule has 2 aromatic heterocycles. The van der Waals surface area contributed by atoms with E-state index in [4.69, 9.17) is 4.98 Å². The number of pyridine rings is 1. The lowest BCUT2D eigenvalue weighted by molar-refractivity contribution is 1.19. The van der Waals surface area contributed by atoms with Crippen molar-refractivity contribution in [2.45, 2.75) is 0 Å². The monoisotopic (exact) mass is 576 g/mol. The Hall–Kier alpha value is -6.06. The van der Waals surface area contributed by atoms with Crippen molar-refractivity contribution in [2.24, 2.45) is 0 Å². The van der Waals surface area contributed by atoms with Crippen LogP contribution in [0, 0.1) is 0 Å². The highest BCUT2D eigenvalue weighted by atomic mass is 16.1. The lowest BCUT2D eigenvalue weighted by Gasteiger charge is -2.12. The first-order valence-electron chi connectivity index (χ1n) is 14.9. The number of fused-ring (bicyclic) bond motifs is 4. The molecule has 0 fully saturated rings. The third kappa shape index (κ3) is 4.13. The largest absolute Gasteiger partial charge is 0.268 e. The van der Waals surface area contributed by atoms with E-state index in [1.54, 1.807) is 4.40 Å². The molecule has 8 aromatic rings. The molecule has 0 saturated heterocycles. The number of benzene rings is 6. The van der Waals surface area contributed by atoms with Crippen LogP contribution in [0.5, 0.6) is 0 Å². The van der Waals surface area contributed by atoms with E-state index in [0.29, 0.717) is 11.0 Å². The maximum absolute atomic E-state index is 14.5. The molecule has 0 bridgehead atoms. The SMILES string of the molecule is C=Cc1ccc(-c2cc(-c3ccc(C=C)cc3)c3nc4c5ccc(-c6ccc(C=C)cc6)c6cccc(c(=O)n4c3c2)c65)cc1. The Labute approximate surface area is 260 Å². The fraction of sp³-hybridized carbons (Fsp3) is 0. The van der Waals surface area contributed by atoms with Crippen LogP contribution >= 0.6 is 0 Å². The van der Waals surface area contributed by atoms with Crippen molar-refractivity contribution in [3.8, 4) is 33.4 Å². The lowest BCUT2D eigenvalue weighted by Crippen LogP contribution is -2.13. The average molecular weight is 577 g/mol. The quantitative estimate of drug-likeness (QED) is 0.197. The number of rotatable bonds is 6. The molecule has 0 N–H and O–H groups in total. The van der Waals surface area contributed by atoms with Crippen LogP contribution in [0.3, 0.4) is 0 Å². The Kier molecular flexibility index (Phi) is 6.07. The zero-order valence-corrected chi connectivity index (χ0v) is 24.6. The molecule has 3 heteroatoms. The highest BCUT2D eigenvalue weighted by molar-refractivity contribution is 6.19. The molecule has 6 aromatic carbocycles. The molecule has 0 radical (unpaired) electrons. The van der Waals surface area contributed by atoms with Crippen LogP contribution in [0.15, 0.2) is 140 Å². The Bertz CT molecular complexity index is 2520. The maximum atomic E-state index is 14.5. The second-order valence-electron chi connectivity index (χ2n) is 11.3. The van der Waals surface area contributed by atoms with Crippen LogP contribution in [-0.4, -0.2) is 9.38 Å². The highest BCUT2D eigenvalue weighted by Crippen LogP contribution is 2.39. The molecule has 0 aliphatic rings. The van der Waals surface area contributed by atoms with Crippen LogP contribution in [0.4, 0.5) is 0 Å². The molecule has 0 atom stereocenters. The van der Waals surface area contributed by atoms with Gasteiger partial charge in [-0.15, -0.1) is 0 Å². The molecule has 0 unspecified atom stereocenters. The van der Waals surface area contributed by atoms with Gasteiger partial charge in [0.25, 0.3) is 5.56 Å². The normalized spacial score (nSPS) is 11.5. The summed E-state index contributed by atoms with van der Waals surface area (Å²) in [6.07, 6.45) is 5.52. The van der Waals surface area contributed by atoms with Gasteiger partial charge in [0, 0.05) is 21.7 Å². The van der Waals surface area contributed by atoms with E-state index in [1.807, 2.05) is 30.4 Å². The van der Waals surface area contributed by atoms with Gasteiger partial charge in [-0.1, -0.05) is 129 Å². The lowest BCUT2D eigenvalue weighted by atomic mass is 9.93. The van der Waals surface area contributed by atoms with E-state index in [9.17, 15) is 4.79 Å². The first-order valence-corrected chi connectivity index (χ1v) is 14.9. The molecule has 2 heterocycles. The van der Waals surface area contributed by atoms with Gasteiger partial charge < -0.3 is 0 Å². The summed E-state index contributed by atoms with van der Waals surface area (Å²) in [6, 6.07) is 39.5. The van der Waals surface area contributed by atoms with Gasteiger partial charge in [0.05, 0.1) is 11.0 Å². The van der Waals surface area contributed by atoms with Gasteiger partial charge in [-0.05, 0) is 74.2 Å². The van der Waals surface area contributed by atoms with E-state index < -0.39 is 0 Å². The predicted molar refractivity (Wildman–Crippen MR) is 192 cm³/mol. The summed E-state index contributed by atoms with van der Waals surface area (Å²) in [5.41, 5.74) is 11.6. The van der Waals surface area contributed by atoms with Gasteiger partial charge in [0.1, 0.15) is 5.65 Å². The first-order chi connectivity index (χ1) is 22.1. The summed E-state index contributed by atoms with van der Waals surface area (Å²) in [7, 11) is 0. The number of aromatic nitrogens is 2. The maximum Gasteiger partial charge on any atom is 0.264 e. The van der Waals surface area contributed by atoms with Crippen molar-refractivity contribution >= 4 is 56.5 Å². The summed E-state index contributed by atoms with van der Waals surface area (Å²) in [5.74, 6) is 0. The Morgan fingerprint density at radius 1 is 0.533 bits per heavy atom. The Balaban J connectivity index is 1.46. The molecule has 0 aliphatic carbocycles. The third-order valence-electron chi connectivity index (χ3n) is 8.87. The minimum absolute atomic E-state index is 0.0723. The van der Waals surface area contributed by atoms with E-state index in [2.05, 4.69) is 123 Å². The van der Waals surface area contributed by atoms with Crippen LogP contribution < -0.4 is 5.56 Å². The zero-order valence-electron chi connectivity index (χ0n) is 24.6. The standard InChI is InChI=1S/C42H28N2O/c1-4-26-10-16-29(17-11-26)32-24-37(31-20-14-28(6-3)15-21-31)40-38(25-32)44-41(43-40)35-23-22-33(30-18-12-27(5-2)13-19-30)34-8-7-9-36(39(34)35)42(44)45/h4-25H,1-3H2. The fourth-order valence-electron chi connectivity index (χ4n) is 6.50. The van der Waals surface area contributed by atoms with Crippen LogP contribution in [0.25, 0.3) is 89.8 Å². The van der Waals surface area contributed by atoms with Crippen molar-refractivity contribution in [3.05, 3.63) is 162 Å². The summed E-state index contributed by atoms with van der Waals surface area (Å²) in [5, 5.41) is 3.60. The van der Waals surface area contributed by atoms with Crippen LogP contribution in [0.2, 0.25) is 0 Å². The van der Waals surface area contributed by atoms with Gasteiger partial charge in [0.15, 0.2) is 0 Å². The van der Waals surface area contributed by atoms with Crippen LogP contribution in [-0.2, 0) is 0 Å². The summed E-state index contributed by atoms with van der Waals surface area (Å²) >= 11 is 0. The van der Waals surface area contributed by atoms with Gasteiger partial charge >= 0.3 is 0 Å². The molecule has 212 valence electrons. The third-order valence-corrected chi connectivity index (χ3v) is 8.87. The van der Waals surface area contributed by atoms with Crippen molar-refractivity contribution in [2.75, 3.05) is 0 Å². The van der Waals surface area contributed by atoms with Gasteiger partial charge in [0.2, 0.25) is 0 Å². The smallest absolute Gasteiger partial charge is 0.264 e. The van der Waals surface area contributed by atoms with Crippen molar-refractivity contribution < 1.29 is 0 Å². The van der Waals surface area contributed by atoms with Crippen molar-refractivity contribution in [1.82, 2.24) is 9.38 Å². The topological polar surface area (TPSA) is 34.4 Å². The molecular formula is C42H28N2O. The molecule has 45 heavy (non-hydrogen) atoms. The molecule has 3 nitrogen and oxygen atoms in total. The van der Waals surface area contributed by atoms with E-state index >= 15 is 0 Å². The van der Waals surface area contributed by atoms with Gasteiger partial charge in [-0.2, -0.15) is 0 Å². The molecule has 0 aliphatic heterocycles. The average Bonchev–Trinajstić information content (AvgIpc) is 3.50. The Morgan fingerprint density at radius 2 is 1.09 bits per heavy atom. The molecular weight excluding hydrogens is 548 g/mol. The fourth-order valence-corrected chi connectivity index (χ4v) is 6.50. The van der Waals surface area contributed by atoms with E-state index in [0.717, 1.165) is 77.3 Å². The summed E-state index contributed by atoms with van der Waals surface area (Å²) in [6.45, 7) is 11.7. The predicted octanol–water partition coefficient (Wildman–Crippen LogP) is 10.5. The highest BCUT2D eigenvalue weighted by Gasteiger charge is 2.21. The number of imidazole rings is 1. The molecule has 8 rings (SSSR count). The van der Waals surface area contributed by atoms with E-state index in [1.165, 1.54) is 0 Å². The second kappa shape index (κ2) is 10.3. The number of hydrogen-bond donors (Lipinski definition) is 0. The minimum Gasteiger partial charge on any atom is -0.268 e. The molecule has 0 spiro atoms. The number of nitrogens with zero attached hydrogens (tertiary/aromatic N) is 2. The van der Waals surface area contributed by atoms with Gasteiger partial charge in [-0.25, -0.2) is 4.98 Å². The Morgan fingerprint density at radius 3 is 1.69 bits per heavy atom.